The van der Waals surface area contributed by atoms with Crippen LogP contribution in [0.25, 0.3) is 10.9 Å². The lowest BCUT2D eigenvalue weighted by Crippen LogP contribution is -2.35. The molecule has 2 aromatic carbocycles. The van der Waals surface area contributed by atoms with Crippen molar-refractivity contribution in [3.8, 4) is 11.6 Å². The first-order valence-electron chi connectivity index (χ1n) is 10.2. The number of rotatable bonds is 3. The topological polar surface area (TPSA) is 64.5 Å². The minimum atomic E-state index is -0.758. The summed E-state index contributed by atoms with van der Waals surface area (Å²) in [5.74, 6) is -0.509. The summed E-state index contributed by atoms with van der Waals surface area (Å²) in [6, 6.07) is 8.62. The van der Waals surface area contributed by atoms with E-state index in [2.05, 4.69) is 9.97 Å². The number of hydrogen-bond donors (Lipinski definition) is 0. The third-order valence-corrected chi connectivity index (χ3v) is 5.92. The molecule has 168 valence electrons. The Morgan fingerprint density at radius 2 is 1.97 bits per heavy atom. The monoisotopic (exact) mass is 477 g/mol. The van der Waals surface area contributed by atoms with E-state index >= 15 is 0 Å². The van der Waals surface area contributed by atoms with Gasteiger partial charge in [0.2, 0.25) is 5.88 Å². The summed E-state index contributed by atoms with van der Waals surface area (Å²) < 4.78 is 25.7. The van der Waals surface area contributed by atoms with Gasteiger partial charge in [-0.25, -0.2) is 19.2 Å². The molecule has 1 atom stereocenters. The minimum absolute atomic E-state index is 0.0817. The predicted molar refractivity (Wildman–Crippen MR) is 121 cm³/mol. The molecule has 0 spiro atoms. The Balaban J connectivity index is 1.60. The third kappa shape index (κ3) is 4.74. The number of amides is 1. The maximum Gasteiger partial charge on any atom is 0.410 e. The number of carbonyl (C=O) groups is 1. The molecule has 0 radical (unpaired) electrons. The molecule has 32 heavy (non-hydrogen) atoms. The van der Waals surface area contributed by atoms with Crippen LogP contribution in [0, 0.1) is 5.82 Å². The van der Waals surface area contributed by atoms with Gasteiger partial charge in [0.05, 0.1) is 20.9 Å². The molecule has 3 aromatic rings. The molecule has 2 heterocycles. The normalized spacial score (nSPS) is 16.4. The zero-order valence-corrected chi connectivity index (χ0v) is 19.4. The maximum absolute atomic E-state index is 14.5. The fraction of sp³-hybridized carbons (Fsp3) is 0.348. The number of halogens is 3. The Bertz CT molecular complexity index is 1180. The molecule has 0 bridgehead atoms. The Morgan fingerprint density at radius 3 is 2.72 bits per heavy atom. The number of hydrogen-bond acceptors (Lipinski definition) is 5. The smallest absolute Gasteiger partial charge is 0.410 e. The van der Waals surface area contributed by atoms with Crippen molar-refractivity contribution in [3.63, 3.8) is 0 Å². The number of benzene rings is 2. The maximum atomic E-state index is 14.5. The molecular formula is C23H22Cl2FN3O3. The molecule has 1 aliphatic rings. The number of nitrogens with zero attached hydrogens (tertiary/aromatic N) is 3. The van der Waals surface area contributed by atoms with Crippen LogP contribution < -0.4 is 4.74 Å². The first-order valence-corrected chi connectivity index (χ1v) is 10.9. The zero-order chi connectivity index (χ0) is 23.0. The second kappa shape index (κ2) is 8.71. The van der Waals surface area contributed by atoms with Crippen LogP contribution in [0.3, 0.4) is 0 Å². The van der Waals surface area contributed by atoms with E-state index in [0.29, 0.717) is 24.0 Å². The number of carbonyl (C=O) groups excluding carboxylic acids is 1. The van der Waals surface area contributed by atoms with Crippen molar-refractivity contribution in [1.29, 1.82) is 0 Å². The highest BCUT2D eigenvalue weighted by Crippen LogP contribution is 2.36. The van der Waals surface area contributed by atoms with Crippen LogP contribution in [-0.2, 0) is 4.74 Å². The number of fused-ring (bicyclic) bond motifs is 1. The average Bonchev–Trinajstić information content (AvgIpc) is 3.23. The van der Waals surface area contributed by atoms with Crippen molar-refractivity contribution in [3.05, 3.63) is 58.1 Å². The molecule has 0 saturated carbocycles. The zero-order valence-electron chi connectivity index (χ0n) is 17.9. The molecule has 4 rings (SSSR count). The summed E-state index contributed by atoms with van der Waals surface area (Å²) >= 11 is 11.8. The molecule has 1 unspecified atom stereocenters. The van der Waals surface area contributed by atoms with Crippen LogP contribution in [0.2, 0.25) is 10.0 Å². The van der Waals surface area contributed by atoms with E-state index in [4.69, 9.17) is 32.7 Å². The van der Waals surface area contributed by atoms with Crippen LogP contribution in [0.4, 0.5) is 9.18 Å². The molecule has 1 amide bonds. The average molecular weight is 478 g/mol. The number of aromatic nitrogens is 2. The van der Waals surface area contributed by atoms with E-state index in [1.807, 2.05) is 39.0 Å². The van der Waals surface area contributed by atoms with Crippen molar-refractivity contribution < 1.29 is 18.7 Å². The van der Waals surface area contributed by atoms with Crippen molar-refractivity contribution in [2.75, 3.05) is 13.1 Å². The quantitative estimate of drug-likeness (QED) is 0.398. The van der Waals surface area contributed by atoms with Gasteiger partial charge in [-0.1, -0.05) is 29.3 Å². The Kier molecular flexibility index (Phi) is 6.14. The summed E-state index contributed by atoms with van der Waals surface area (Å²) in [6.45, 7) is 6.70. The van der Waals surface area contributed by atoms with Crippen molar-refractivity contribution in [2.24, 2.45) is 0 Å². The van der Waals surface area contributed by atoms with E-state index in [9.17, 15) is 9.18 Å². The van der Waals surface area contributed by atoms with E-state index in [0.717, 1.165) is 12.0 Å². The largest absolute Gasteiger partial charge is 0.444 e. The van der Waals surface area contributed by atoms with Crippen molar-refractivity contribution in [1.82, 2.24) is 14.9 Å². The van der Waals surface area contributed by atoms with E-state index in [-0.39, 0.29) is 33.7 Å². The van der Waals surface area contributed by atoms with Gasteiger partial charge in [-0.15, -0.1) is 0 Å². The van der Waals surface area contributed by atoms with Gasteiger partial charge in [0.1, 0.15) is 11.9 Å². The lowest BCUT2D eigenvalue weighted by Gasteiger charge is -2.24. The summed E-state index contributed by atoms with van der Waals surface area (Å²) in [5.41, 5.74) is 1.13. The molecule has 0 aliphatic carbocycles. The van der Waals surface area contributed by atoms with Crippen LogP contribution in [0.1, 0.15) is 38.7 Å². The van der Waals surface area contributed by atoms with E-state index < -0.39 is 11.4 Å². The van der Waals surface area contributed by atoms with Gasteiger partial charge >= 0.3 is 6.09 Å². The molecule has 1 aliphatic heterocycles. The van der Waals surface area contributed by atoms with Gasteiger partial charge in [0.25, 0.3) is 0 Å². The summed E-state index contributed by atoms with van der Waals surface area (Å²) in [6.07, 6.45) is 1.84. The molecule has 6 nitrogen and oxygen atoms in total. The van der Waals surface area contributed by atoms with Gasteiger partial charge in [0, 0.05) is 19.0 Å². The van der Waals surface area contributed by atoms with Gasteiger partial charge in [-0.2, -0.15) is 0 Å². The third-order valence-electron chi connectivity index (χ3n) is 5.14. The van der Waals surface area contributed by atoms with Crippen molar-refractivity contribution in [2.45, 2.75) is 38.7 Å². The first kappa shape index (κ1) is 22.6. The second-order valence-electron chi connectivity index (χ2n) is 8.64. The Labute approximate surface area is 195 Å². The molecule has 1 saturated heterocycles. The van der Waals surface area contributed by atoms with Crippen LogP contribution in [0.5, 0.6) is 11.6 Å². The van der Waals surface area contributed by atoms with Gasteiger partial charge in [-0.05, 0) is 57.0 Å². The van der Waals surface area contributed by atoms with Gasteiger partial charge in [-0.3, -0.25) is 0 Å². The summed E-state index contributed by atoms with van der Waals surface area (Å²) in [5, 5.41) is 0.518. The lowest BCUT2D eigenvalue weighted by atomic mass is 9.97. The number of likely N-dealkylation sites (tertiary alicyclic amines) is 1. The highest BCUT2D eigenvalue weighted by molar-refractivity contribution is 6.42. The Morgan fingerprint density at radius 1 is 1.19 bits per heavy atom. The number of ether oxygens (including phenoxy) is 2. The van der Waals surface area contributed by atoms with Crippen LogP contribution in [-0.4, -0.2) is 39.7 Å². The second-order valence-corrected chi connectivity index (χ2v) is 9.43. The molecule has 0 N–H and O–H groups in total. The van der Waals surface area contributed by atoms with Crippen LogP contribution in [0.15, 0.2) is 36.7 Å². The lowest BCUT2D eigenvalue weighted by molar-refractivity contribution is 0.0292. The van der Waals surface area contributed by atoms with Crippen LogP contribution >= 0.6 is 23.2 Å². The standard InChI is InChI=1S/C23H22Cl2FN3O3/c1-23(2,3)32-22(30)29-9-8-14(11-29)13-4-6-17-15(10-13)21(28-12-27-17)31-18-7-5-16(24)19(25)20(18)26/h4-7,10,12,14H,8-9,11H2,1-3H3. The SMILES string of the molecule is CC(C)(C)OC(=O)N1CCC(c2ccc3ncnc(Oc4ccc(Cl)c(Cl)c4F)c3c2)C1. The van der Waals surface area contributed by atoms with E-state index in [1.165, 1.54) is 18.5 Å². The summed E-state index contributed by atoms with van der Waals surface area (Å²) in [4.78, 5) is 22.6. The fourth-order valence-electron chi connectivity index (χ4n) is 3.60. The molecule has 1 aromatic heterocycles. The first-order chi connectivity index (χ1) is 15.1. The van der Waals surface area contributed by atoms with Crippen molar-refractivity contribution >= 4 is 40.2 Å². The molecule has 9 heteroatoms. The summed E-state index contributed by atoms with van der Waals surface area (Å²) in [7, 11) is 0. The predicted octanol–water partition coefficient (Wildman–Crippen LogP) is 6.59. The molecular weight excluding hydrogens is 456 g/mol. The van der Waals surface area contributed by atoms with Gasteiger partial charge in [0.15, 0.2) is 11.6 Å². The fourth-order valence-corrected chi connectivity index (χ4v) is 3.90. The minimum Gasteiger partial charge on any atom is -0.444 e. The highest BCUT2D eigenvalue weighted by Gasteiger charge is 2.30. The van der Waals surface area contributed by atoms with E-state index in [1.54, 1.807) is 4.90 Å². The molecule has 1 fully saturated rings. The Hall–Kier alpha value is -2.64. The highest BCUT2D eigenvalue weighted by atomic mass is 35.5. The van der Waals surface area contributed by atoms with Gasteiger partial charge < -0.3 is 14.4 Å².